The number of hydrogen-bond acceptors (Lipinski definition) is 2. The summed E-state index contributed by atoms with van der Waals surface area (Å²) in [6.45, 7) is 8.78. The molecule has 0 spiro atoms. The quantitative estimate of drug-likeness (QED) is 0.697. The van der Waals surface area contributed by atoms with Crippen molar-refractivity contribution in [2.75, 3.05) is 13.1 Å². The number of alkyl halides is 2. The van der Waals surface area contributed by atoms with Gasteiger partial charge in [-0.2, -0.15) is 0 Å². The van der Waals surface area contributed by atoms with Crippen LogP contribution in [0, 0.1) is 5.92 Å². The highest BCUT2D eigenvalue weighted by atomic mass is 19.3. The van der Waals surface area contributed by atoms with Crippen molar-refractivity contribution in [2.45, 2.75) is 46.6 Å². The summed E-state index contributed by atoms with van der Waals surface area (Å²) in [5.41, 5.74) is 0. The average Bonchev–Trinajstić information content (AvgIpc) is 2.24. The van der Waals surface area contributed by atoms with Crippen LogP contribution in [0.2, 0.25) is 0 Å². The minimum absolute atomic E-state index is 0.227. The Morgan fingerprint density at radius 3 is 1.93 bits per heavy atom. The molecule has 1 heterocycles. The molecule has 2 unspecified atom stereocenters. The number of aliphatic hydroxyl groups excluding tert-OH is 1. The summed E-state index contributed by atoms with van der Waals surface area (Å²) >= 11 is 0. The minimum Gasteiger partial charge on any atom is -0.392 e. The molecule has 1 saturated heterocycles. The van der Waals surface area contributed by atoms with E-state index in [0.29, 0.717) is 13.1 Å². The van der Waals surface area contributed by atoms with E-state index in [0.717, 1.165) is 0 Å². The second-order valence-corrected chi connectivity index (χ2v) is 2.64. The van der Waals surface area contributed by atoms with Crippen LogP contribution >= 0.6 is 0 Å². The predicted octanol–water partition coefficient (Wildman–Crippen LogP) is 2.27. The monoisotopic (exact) mass is 211 g/mol. The van der Waals surface area contributed by atoms with Gasteiger partial charge in [0.15, 0.2) is 0 Å². The maximum Gasteiger partial charge on any atom is 0.242 e. The van der Waals surface area contributed by atoms with Crippen molar-refractivity contribution < 1.29 is 13.9 Å². The fraction of sp³-hybridized carbons (Fsp3) is 1.00. The van der Waals surface area contributed by atoms with Crippen molar-refractivity contribution in [3.63, 3.8) is 0 Å². The first-order valence-corrected chi connectivity index (χ1v) is 5.37. The number of nitrogens with one attached hydrogen (secondary N) is 1. The number of rotatable bonds is 1. The molecule has 0 aliphatic carbocycles. The zero-order valence-corrected chi connectivity index (χ0v) is 9.56. The summed E-state index contributed by atoms with van der Waals surface area (Å²) in [4.78, 5) is 0. The van der Waals surface area contributed by atoms with Crippen LogP contribution in [0.1, 0.15) is 34.1 Å². The van der Waals surface area contributed by atoms with Gasteiger partial charge in [0.1, 0.15) is 0 Å². The molecule has 0 bridgehead atoms. The molecular formula is C10H23F2NO. The van der Waals surface area contributed by atoms with Crippen LogP contribution in [0.25, 0.3) is 0 Å². The first-order chi connectivity index (χ1) is 6.70. The minimum atomic E-state index is -2.30. The highest BCUT2D eigenvalue weighted by Gasteiger charge is 2.26. The van der Waals surface area contributed by atoms with Gasteiger partial charge >= 0.3 is 0 Å². The smallest absolute Gasteiger partial charge is 0.242 e. The van der Waals surface area contributed by atoms with Gasteiger partial charge in [-0.05, 0) is 6.42 Å². The molecule has 0 radical (unpaired) electrons. The topological polar surface area (TPSA) is 32.3 Å². The largest absolute Gasteiger partial charge is 0.392 e. The number of hydrogen-bond donors (Lipinski definition) is 2. The van der Waals surface area contributed by atoms with Crippen molar-refractivity contribution in [1.29, 1.82) is 0 Å². The Kier molecular flexibility index (Phi) is 12.6. The summed E-state index contributed by atoms with van der Waals surface area (Å²) in [6, 6.07) is 0. The molecule has 0 aromatic carbocycles. The maximum absolute atomic E-state index is 11.9. The van der Waals surface area contributed by atoms with Gasteiger partial charge in [0, 0.05) is 19.0 Å². The maximum atomic E-state index is 11.9. The molecule has 4 heteroatoms. The van der Waals surface area contributed by atoms with Gasteiger partial charge in [-0.1, -0.05) is 27.7 Å². The lowest BCUT2D eigenvalue weighted by atomic mass is 9.98. The molecule has 2 nitrogen and oxygen atoms in total. The van der Waals surface area contributed by atoms with Crippen LogP contribution in [-0.2, 0) is 0 Å². The van der Waals surface area contributed by atoms with E-state index in [4.69, 9.17) is 5.11 Å². The van der Waals surface area contributed by atoms with E-state index in [9.17, 15) is 8.78 Å². The predicted molar refractivity (Wildman–Crippen MR) is 55.7 cm³/mol. The second kappa shape index (κ2) is 10.9. The van der Waals surface area contributed by atoms with Gasteiger partial charge in [-0.25, -0.2) is 8.78 Å². The van der Waals surface area contributed by atoms with E-state index in [1.807, 2.05) is 27.7 Å². The molecule has 1 fully saturated rings. The van der Waals surface area contributed by atoms with Crippen molar-refractivity contribution in [2.24, 2.45) is 5.92 Å². The molecule has 1 aliphatic heterocycles. The number of piperidine rings is 1. The Labute approximate surface area is 85.7 Å². The zero-order valence-electron chi connectivity index (χ0n) is 9.56. The fourth-order valence-corrected chi connectivity index (χ4v) is 1.14. The SMILES string of the molecule is CC.CC.OC1CNCC(C(F)F)C1. The van der Waals surface area contributed by atoms with Crippen LogP contribution in [0.3, 0.4) is 0 Å². The molecule has 2 N–H and O–H groups in total. The molecule has 88 valence electrons. The molecule has 1 aliphatic rings. The molecule has 1 rings (SSSR count). The lowest BCUT2D eigenvalue weighted by molar-refractivity contribution is 0.0203. The van der Waals surface area contributed by atoms with Crippen LogP contribution in [0.5, 0.6) is 0 Å². The highest BCUT2D eigenvalue weighted by Crippen LogP contribution is 2.17. The van der Waals surface area contributed by atoms with Crippen molar-refractivity contribution >= 4 is 0 Å². The van der Waals surface area contributed by atoms with Crippen LogP contribution in [0.15, 0.2) is 0 Å². The second-order valence-electron chi connectivity index (χ2n) is 2.64. The normalized spacial score (nSPS) is 25.7. The Hall–Kier alpha value is -0.220. The van der Waals surface area contributed by atoms with E-state index in [1.165, 1.54) is 0 Å². The lowest BCUT2D eigenvalue weighted by Gasteiger charge is -2.25. The molecule has 0 amide bonds. The van der Waals surface area contributed by atoms with Crippen molar-refractivity contribution in [1.82, 2.24) is 5.32 Å². The Balaban J connectivity index is 0. The van der Waals surface area contributed by atoms with Crippen LogP contribution in [0.4, 0.5) is 8.78 Å². The first-order valence-electron chi connectivity index (χ1n) is 5.37. The fourth-order valence-electron chi connectivity index (χ4n) is 1.14. The molecule has 14 heavy (non-hydrogen) atoms. The third-order valence-electron chi connectivity index (χ3n) is 1.72. The van der Waals surface area contributed by atoms with Gasteiger partial charge in [0.25, 0.3) is 0 Å². The molecule has 0 saturated carbocycles. The van der Waals surface area contributed by atoms with Crippen LogP contribution in [-0.4, -0.2) is 30.7 Å². The highest BCUT2D eigenvalue weighted by molar-refractivity contribution is 4.76. The van der Waals surface area contributed by atoms with E-state index < -0.39 is 18.4 Å². The Bertz CT molecular complexity index is 112. The summed E-state index contributed by atoms with van der Waals surface area (Å²) in [6.07, 6.45) is -2.67. The Morgan fingerprint density at radius 2 is 1.64 bits per heavy atom. The third-order valence-corrected chi connectivity index (χ3v) is 1.72. The molecule has 0 aromatic rings. The summed E-state index contributed by atoms with van der Waals surface area (Å²) in [5.74, 6) is -0.663. The number of halogens is 2. The zero-order chi connectivity index (χ0) is 11.6. The number of aliphatic hydroxyl groups is 1. The van der Waals surface area contributed by atoms with Gasteiger partial charge in [-0.15, -0.1) is 0 Å². The van der Waals surface area contributed by atoms with Gasteiger partial charge in [0.2, 0.25) is 6.43 Å². The van der Waals surface area contributed by atoms with Gasteiger partial charge < -0.3 is 10.4 Å². The summed E-state index contributed by atoms with van der Waals surface area (Å²) < 4.78 is 23.9. The summed E-state index contributed by atoms with van der Waals surface area (Å²) in [5, 5.41) is 11.7. The third kappa shape index (κ3) is 7.21. The van der Waals surface area contributed by atoms with Gasteiger partial charge in [-0.3, -0.25) is 0 Å². The van der Waals surface area contributed by atoms with E-state index in [1.54, 1.807) is 0 Å². The van der Waals surface area contributed by atoms with Crippen molar-refractivity contribution in [3.8, 4) is 0 Å². The molecular weight excluding hydrogens is 188 g/mol. The number of β-amino-alcohol motifs (C(OH)–C–C–N with tert-alkyl or cyclic N) is 1. The summed E-state index contributed by atoms with van der Waals surface area (Å²) in [7, 11) is 0. The molecule has 2 atom stereocenters. The van der Waals surface area contributed by atoms with E-state index >= 15 is 0 Å². The molecule has 0 aromatic heterocycles. The lowest BCUT2D eigenvalue weighted by Crippen LogP contribution is -2.41. The van der Waals surface area contributed by atoms with E-state index in [-0.39, 0.29) is 6.42 Å². The van der Waals surface area contributed by atoms with Gasteiger partial charge in [0.05, 0.1) is 6.10 Å². The van der Waals surface area contributed by atoms with E-state index in [2.05, 4.69) is 5.32 Å². The Morgan fingerprint density at radius 1 is 1.14 bits per heavy atom. The van der Waals surface area contributed by atoms with Crippen LogP contribution < -0.4 is 5.32 Å². The average molecular weight is 211 g/mol. The standard InChI is InChI=1S/C6H11F2NO.2C2H6/c7-6(8)4-1-5(10)3-9-2-4;2*1-2/h4-6,9-10H,1-3H2;2*1-2H3. The van der Waals surface area contributed by atoms with Crippen molar-refractivity contribution in [3.05, 3.63) is 0 Å². The first kappa shape index (κ1) is 16.2.